The van der Waals surface area contributed by atoms with Gasteiger partial charge in [-0.05, 0) is 60.2 Å². The van der Waals surface area contributed by atoms with Crippen LogP contribution in [0.15, 0.2) is 92.4 Å². The molecule has 138 valence electrons. The maximum Gasteiger partial charge on any atom is 0.282 e. The molecule has 3 aromatic carbocycles. The van der Waals surface area contributed by atoms with E-state index in [1.165, 1.54) is 0 Å². The fourth-order valence-corrected chi connectivity index (χ4v) is 3.59. The zero-order chi connectivity index (χ0) is 19.7. The molecule has 0 bridgehead atoms. The van der Waals surface area contributed by atoms with E-state index < -0.39 is 0 Å². The van der Waals surface area contributed by atoms with Gasteiger partial charge in [-0.15, -0.1) is 0 Å². The van der Waals surface area contributed by atoms with Crippen molar-refractivity contribution in [3.63, 3.8) is 0 Å². The van der Waals surface area contributed by atoms with Gasteiger partial charge in [0.1, 0.15) is 17.3 Å². The summed E-state index contributed by atoms with van der Waals surface area (Å²) in [5.41, 5.74) is 2.69. The number of halogens is 2. The minimum absolute atomic E-state index is 0.141. The van der Waals surface area contributed by atoms with Crippen molar-refractivity contribution < 1.29 is 9.90 Å². The highest BCUT2D eigenvalue weighted by Gasteiger charge is 2.32. The molecule has 0 spiro atoms. The van der Waals surface area contributed by atoms with E-state index in [0.29, 0.717) is 17.2 Å². The fourth-order valence-electron chi connectivity index (χ4n) is 2.90. The van der Waals surface area contributed by atoms with Gasteiger partial charge < -0.3 is 5.11 Å². The first kappa shape index (κ1) is 18.7. The van der Waals surface area contributed by atoms with Crippen molar-refractivity contribution >= 4 is 55.4 Å². The van der Waals surface area contributed by atoms with Crippen molar-refractivity contribution in [2.75, 3.05) is 4.90 Å². The second-order valence-corrected chi connectivity index (χ2v) is 8.02. The summed E-state index contributed by atoms with van der Waals surface area (Å²) in [6.45, 7) is 0. The van der Waals surface area contributed by atoms with Crippen molar-refractivity contribution in [3.8, 4) is 5.75 Å². The number of phenolic OH excluding ortho intramolecular Hbond substituents is 1. The van der Waals surface area contributed by atoms with E-state index >= 15 is 0 Å². The average molecular weight is 498 g/mol. The molecule has 0 atom stereocenters. The number of nitrogens with zero attached hydrogens (tertiary/aromatic N) is 2. The highest BCUT2D eigenvalue weighted by atomic mass is 79.9. The van der Waals surface area contributed by atoms with E-state index in [9.17, 15) is 9.90 Å². The first-order valence-electron chi connectivity index (χ1n) is 8.47. The molecule has 0 fully saturated rings. The fraction of sp³-hybridized carbons (Fsp3) is 0. The van der Waals surface area contributed by atoms with E-state index in [-0.39, 0.29) is 11.7 Å². The summed E-state index contributed by atoms with van der Waals surface area (Å²) in [4.78, 5) is 19.4. The van der Waals surface area contributed by atoms with Crippen molar-refractivity contribution in [2.45, 2.75) is 0 Å². The Morgan fingerprint density at radius 3 is 2.29 bits per heavy atom. The zero-order valence-corrected chi connectivity index (χ0v) is 17.7. The molecular weight excluding hydrogens is 484 g/mol. The second-order valence-electron chi connectivity index (χ2n) is 6.18. The monoisotopic (exact) mass is 496 g/mol. The lowest BCUT2D eigenvalue weighted by molar-refractivity contribution is -0.113. The van der Waals surface area contributed by atoms with Crippen molar-refractivity contribution in [1.82, 2.24) is 0 Å². The number of amides is 1. The quantitative estimate of drug-likeness (QED) is 0.468. The van der Waals surface area contributed by atoms with Crippen LogP contribution in [0.4, 0.5) is 5.69 Å². The number of hydrogen-bond donors (Lipinski definition) is 1. The molecule has 0 aliphatic carbocycles. The summed E-state index contributed by atoms with van der Waals surface area (Å²) in [6.07, 6.45) is 1.77. The van der Waals surface area contributed by atoms with E-state index in [2.05, 4.69) is 36.9 Å². The number of amidine groups is 1. The lowest BCUT2D eigenvalue weighted by Crippen LogP contribution is -2.32. The highest BCUT2D eigenvalue weighted by molar-refractivity contribution is 9.10. The number of aliphatic imine (C=N–C) groups is 1. The van der Waals surface area contributed by atoms with Gasteiger partial charge in [0.15, 0.2) is 0 Å². The van der Waals surface area contributed by atoms with Crippen LogP contribution in [-0.4, -0.2) is 16.8 Å². The van der Waals surface area contributed by atoms with Crippen LogP contribution in [0.5, 0.6) is 5.75 Å². The molecule has 1 amide bonds. The molecule has 0 saturated carbocycles. The molecule has 0 radical (unpaired) electrons. The first-order valence-corrected chi connectivity index (χ1v) is 10.1. The number of hydrogen-bond acceptors (Lipinski definition) is 3. The Bertz CT molecular complexity index is 1100. The Morgan fingerprint density at radius 2 is 1.61 bits per heavy atom. The summed E-state index contributed by atoms with van der Waals surface area (Å²) < 4.78 is 1.88. The molecule has 4 nitrogen and oxygen atoms in total. The Morgan fingerprint density at radius 1 is 0.893 bits per heavy atom. The molecule has 4 rings (SSSR count). The minimum Gasteiger partial charge on any atom is -0.508 e. The predicted molar refractivity (Wildman–Crippen MR) is 118 cm³/mol. The van der Waals surface area contributed by atoms with Gasteiger partial charge in [-0.25, -0.2) is 4.99 Å². The van der Waals surface area contributed by atoms with Crippen LogP contribution in [-0.2, 0) is 4.79 Å². The Hall–Kier alpha value is -2.70. The SMILES string of the molecule is O=C1/C(=C\c2cccc(Br)c2)N=C(c2ccc(Br)cc2)N1c1ccc(O)cc1. The van der Waals surface area contributed by atoms with Crippen molar-refractivity contribution in [2.24, 2.45) is 4.99 Å². The number of benzene rings is 3. The molecule has 0 aromatic heterocycles. The van der Waals surface area contributed by atoms with Crippen LogP contribution in [0, 0.1) is 0 Å². The van der Waals surface area contributed by atoms with Gasteiger partial charge in [-0.3, -0.25) is 9.69 Å². The summed E-state index contributed by atoms with van der Waals surface area (Å²) in [6, 6.07) is 21.8. The molecule has 1 aliphatic heterocycles. The number of anilines is 1. The third-order valence-electron chi connectivity index (χ3n) is 4.22. The molecule has 0 unspecified atom stereocenters. The average Bonchev–Trinajstić information content (AvgIpc) is 2.99. The summed E-state index contributed by atoms with van der Waals surface area (Å²) >= 11 is 6.88. The molecular formula is C22H14Br2N2O2. The van der Waals surface area contributed by atoms with E-state index in [1.54, 1.807) is 35.2 Å². The van der Waals surface area contributed by atoms with E-state index in [4.69, 9.17) is 0 Å². The highest BCUT2D eigenvalue weighted by Crippen LogP contribution is 2.29. The molecule has 1 heterocycles. The van der Waals surface area contributed by atoms with Crippen molar-refractivity contribution in [1.29, 1.82) is 0 Å². The predicted octanol–water partition coefficient (Wildman–Crippen LogP) is 5.75. The Kier molecular flexibility index (Phi) is 5.15. The molecule has 28 heavy (non-hydrogen) atoms. The van der Waals surface area contributed by atoms with Gasteiger partial charge in [-0.1, -0.05) is 56.1 Å². The number of phenols is 1. The van der Waals surface area contributed by atoms with Gasteiger partial charge in [0.05, 0.1) is 5.69 Å². The van der Waals surface area contributed by atoms with Gasteiger partial charge in [0.2, 0.25) is 0 Å². The summed E-state index contributed by atoms with van der Waals surface area (Å²) in [5, 5.41) is 9.60. The maximum absolute atomic E-state index is 13.2. The second kappa shape index (κ2) is 7.73. The minimum atomic E-state index is -0.219. The van der Waals surface area contributed by atoms with Crippen LogP contribution >= 0.6 is 31.9 Å². The lowest BCUT2D eigenvalue weighted by Gasteiger charge is -2.18. The normalized spacial score (nSPS) is 15.2. The molecule has 3 aromatic rings. The third-order valence-corrected chi connectivity index (χ3v) is 5.24. The van der Waals surface area contributed by atoms with Gasteiger partial charge >= 0.3 is 0 Å². The van der Waals surface area contributed by atoms with Crippen LogP contribution in [0.2, 0.25) is 0 Å². The number of aromatic hydroxyl groups is 1. The van der Waals surface area contributed by atoms with E-state index in [1.807, 2.05) is 48.5 Å². The molecule has 1 N–H and O–H groups in total. The molecule has 6 heteroatoms. The number of carbonyl (C=O) groups is 1. The van der Waals surface area contributed by atoms with Crippen LogP contribution < -0.4 is 4.90 Å². The standard InChI is InChI=1S/C22H14Br2N2O2/c23-16-6-4-15(5-7-16)21-25-20(13-14-2-1-3-17(24)12-14)22(28)26(21)18-8-10-19(27)11-9-18/h1-13,27H/b20-13+. The first-order chi connectivity index (χ1) is 13.5. The van der Waals surface area contributed by atoms with Gasteiger partial charge in [0.25, 0.3) is 5.91 Å². The molecule has 0 saturated heterocycles. The zero-order valence-electron chi connectivity index (χ0n) is 14.5. The van der Waals surface area contributed by atoms with E-state index in [0.717, 1.165) is 20.1 Å². The van der Waals surface area contributed by atoms with Crippen LogP contribution in [0.1, 0.15) is 11.1 Å². The number of rotatable bonds is 3. The topological polar surface area (TPSA) is 52.9 Å². The molecule has 1 aliphatic rings. The number of carbonyl (C=O) groups excluding carboxylic acids is 1. The van der Waals surface area contributed by atoms with Crippen LogP contribution in [0.3, 0.4) is 0 Å². The summed E-state index contributed by atoms with van der Waals surface area (Å²) in [7, 11) is 0. The Labute approximate surface area is 179 Å². The van der Waals surface area contributed by atoms with Crippen LogP contribution in [0.25, 0.3) is 6.08 Å². The smallest absolute Gasteiger partial charge is 0.282 e. The largest absolute Gasteiger partial charge is 0.508 e. The van der Waals surface area contributed by atoms with Gasteiger partial charge in [0, 0.05) is 14.5 Å². The third kappa shape index (κ3) is 3.79. The van der Waals surface area contributed by atoms with Gasteiger partial charge in [-0.2, -0.15) is 0 Å². The summed E-state index contributed by atoms with van der Waals surface area (Å²) in [5.74, 6) is 0.468. The maximum atomic E-state index is 13.2. The lowest BCUT2D eigenvalue weighted by atomic mass is 10.1. The Balaban J connectivity index is 1.82. The van der Waals surface area contributed by atoms with Crippen molar-refractivity contribution in [3.05, 3.63) is 98.6 Å².